The molecule has 0 spiro atoms. The van der Waals surface area contributed by atoms with Crippen molar-refractivity contribution < 1.29 is 4.79 Å². The van der Waals surface area contributed by atoms with E-state index in [4.69, 9.17) is 5.73 Å². The number of aldehydes is 1. The Kier molecular flexibility index (Phi) is 1.98. The Bertz CT molecular complexity index is 449. The number of aromatic amines is 1. The first-order chi connectivity index (χ1) is 6.83. The molecule has 3 N–H and O–H groups in total. The minimum Gasteiger partial charge on any atom is -0.382 e. The normalized spacial score (nSPS) is 10.0. The van der Waals surface area contributed by atoms with E-state index in [0.717, 1.165) is 5.56 Å². The number of H-pyrrole nitrogens is 1. The van der Waals surface area contributed by atoms with Crippen molar-refractivity contribution in [2.75, 3.05) is 5.73 Å². The van der Waals surface area contributed by atoms with E-state index in [1.807, 2.05) is 6.07 Å². The molecular weight excluding hydrogens is 180 g/mol. The number of hydrogen-bond acceptors (Lipinski definition) is 4. The van der Waals surface area contributed by atoms with Crippen molar-refractivity contribution >= 4 is 12.1 Å². The topological polar surface area (TPSA) is 84.7 Å². The third-order valence-electron chi connectivity index (χ3n) is 1.90. The molecule has 0 radical (unpaired) electrons. The van der Waals surface area contributed by atoms with Gasteiger partial charge in [-0.3, -0.25) is 14.9 Å². The maximum Gasteiger partial charge on any atom is 0.156 e. The molecule has 0 atom stereocenters. The minimum absolute atomic E-state index is 0.207. The Morgan fingerprint density at radius 3 is 3.00 bits per heavy atom. The smallest absolute Gasteiger partial charge is 0.156 e. The lowest BCUT2D eigenvalue weighted by atomic mass is 10.1. The SMILES string of the molecule is Nc1n[nH]c(-c2cccnc2)c1C=O. The molecule has 0 fully saturated rings. The van der Waals surface area contributed by atoms with Crippen LogP contribution in [0.2, 0.25) is 0 Å². The summed E-state index contributed by atoms with van der Waals surface area (Å²) in [6.07, 6.45) is 3.98. The highest BCUT2D eigenvalue weighted by atomic mass is 16.1. The fourth-order valence-corrected chi connectivity index (χ4v) is 1.21. The molecule has 0 aliphatic carbocycles. The summed E-state index contributed by atoms with van der Waals surface area (Å²) in [5, 5.41) is 6.45. The molecule has 0 aliphatic heterocycles. The maximum atomic E-state index is 10.7. The van der Waals surface area contributed by atoms with Gasteiger partial charge in [0.05, 0.1) is 11.3 Å². The van der Waals surface area contributed by atoms with Crippen molar-refractivity contribution in [1.29, 1.82) is 0 Å². The van der Waals surface area contributed by atoms with Crippen molar-refractivity contribution in [2.45, 2.75) is 0 Å². The molecular formula is C9H8N4O. The Labute approximate surface area is 80.0 Å². The number of nitrogens with zero attached hydrogens (tertiary/aromatic N) is 2. The first-order valence-corrected chi connectivity index (χ1v) is 4.02. The second-order valence-corrected chi connectivity index (χ2v) is 2.76. The third kappa shape index (κ3) is 1.24. The summed E-state index contributed by atoms with van der Waals surface area (Å²) < 4.78 is 0. The molecule has 2 aromatic heterocycles. The van der Waals surface area contributed by atoms with Crippen LogP contribution in [0.5, 0.6) is 0 Å². The van der Waals surface area contributed by atoms with Crippen molar-refractivity contribution in [1.82, 2.24) is 15.2 Å². The summed E-state index contributed by atoms with van der Waals surface area (Å²) >= 11 is 0. The number of rotatable bonds is 2. The third-order valence-corrected chi connectivity index (χ3v) is 1.90. The van der Waals surface area contributed by atoms with Crippen LogP contribution in [0.3, 0.4) is 0 Å². The van der Waals surface area contributed by atoms with E-state index in [0.29, 0.717) is 17.5 Å². The largest absolute Gasteiger partial charge is 0.382 e. The molecule has 0 unspecified atom stereocenters. The summed E-state index contributed by atoms with van der Waals surface area (Å²) in [5.41, 5.74) is 7.26. The molecule has 2 aromatic rings. The van der Waals surface area contributed by atoms with Crippen LogP contribution in [0.1, 0.15) is 10.4 Å². The van der Waals surface area contributed by atoms with E-state index in [-0.39, 0.29) is 5.82 Å². The summed E-state index contributed by atoms with van der Waals surface area (Å²) in [6.45, 7) is 0. The Morgan fingerprint density at radius 1 is 1.50 bits per heavy atom. The van der Waals surface area contributed by atoms with Gasteiger partial charge in [-0.05, 0) is 12.1 Å². The summed E-state index contributed by atoms with van der Waals surface area (Å²) in [6, 6.07) is 3.61. The number of hydrogen-bond donors (Lipinski definition) is 2. The van der Waals surface area contributed by atoms with Crippen LogP contribution in [-0.4, -0.2) is 21.5 Å². The molecule has 5 nitrogen and oxygen atoms in total. The van der Waals surface area contributed by atoms with Crippen LogP contribution in [0, 0.1) is 0 Å². The average Bonchev–Trinajstić information content (AvgIpc) is 2.61. The summed E-state index contributed by atoms with van der Waals surface area (Å²) in [7, 11) is 0. The van der Waals surface area contributed by atoms with Crippen molar-refractivity contribution in [3.63, 3.8) is 0 Å². The molecule has 0 saturated heterocycles. The number of aromatic nitrogens is 3. The van der Waals surface area contributed by atoms with Gasteiger partial charge in [0, 0.05) is 18.0 Å². The number of nitrogens with two attached hydrogens (primary N) is 1. The van der Waals surface area contributed by atoms with Gasteiger partial charge in [-0.25, -0.2) is 0 Å². The Morgan fingerprint density at radius 2 is 2.36 bits per heavy atom. The van der Waals surface area contributed by atoms with Crippen molar-refractivity contribution in [3.8, 4) is 11.3 Å². The first kappa shape index (κ1) is 8.43. The molecule has 2 heterocycles. The van der Waals surface area contributed by atoms with Crippen LogP contribution in [0.15, 0.2) is 24.5 Å². The van der Waals surface area contributed by atoms with Gasteiger partial charge in [0.25, 0.3) is 0 Å². The second-order valence-electron chi connectivity index (χ2n) is 2.76. The zero-order valence-corrected chi connectivity index (χ0v) is 7.27. The lowest BCUT2D eigenvalue weighted by molar-refractivity contribution is 0.112. The van der Waals surface area contributed by atoms with Gasteiger partial charge in [-0.1, -0.05) is 0 Å². The number of nitrogens with one attached hydrogen (secondary N) is 1. The zero-order valence-electron chi connectivity index (χ0n) is 7.27. The number of pyridine rings is 1. The molecule has 5 heteroatoms. The lowest BCUT2D eigenvalue weighted by Crippen LogP contribution is -1.90. The van der Waals surface area contributed by atoms with Crippen LogP contribution < -0.4 is 5.73 Å². The molecule has 14 heavy (non-hydrogen) atoms. The van der Waals surface area contributed by atoms with Crippen LogP contribution in [0.4, 0.5) is 5.82 Å². The molecule has 0 aromatic carbocycles. The van der Waals surface area contributed by atoms with Gasteiger partial charge in [0.1, 0.15) is 0 Å². The van der Waals surface area contributed by atoms with E-state index in [2.05, 4.69) is 15.2 Å². The number of carbonyl (C=O) groups excluding carboxylic acids is 1. The first-order valence-electron chi connectivity index (χ1n) is 4.02. The van der Waals surface area contributed by atoms with Gasteiger partial charge < -0.3 is 5.73 Å². The summed E-state index contributed by atoms with van der Waals surface area (Å²) in [5.74, 6) is 0.207. The molecule has 2 rings (SSSR count). The van der Waals surface area contributed by atoms with Crippen LogP contribution in [-0.2, 0) is 0 Å². The zero-order chi connectivity index (χ0) is 9.97. The quantitative estimate of drug-likeness (QED) is 0.684. The lowest BCUT2D eigenvalue weighted by Gasteiger charge is -1.96. The van der Waals surface area contributed by atoms with Gasteiger partial charge in [-0.15, -0.1) is 0 Å². The second kappa shape index (κ2) is 3.29. The van der Waals surface area contributed by atoms with Gasteiger partial charge in [-0.2, -0.15) is 5.10 Å². The maximum absolute atomic E-state index is 10.7. The van der Waals surface area contributed by atoms with E-state index in [1.165, 1.54) is 0 Å². The highest BCUT2D eigenvalue weighted by Gasteiger charge is 2.10. The van der Waals surface area contributed by atoms with Gasteiger partial charge in [0.15, 0.2) is 12.1 Å². The van der Waals surface area contributed by atoms with Crippen LogP contribution >= 0.6 is 0 Å². The van der Waals surface area contributed by atoms with Crippen molar-refractivity contribution in [3.05, 3.63) is 30.1 Å². The Balaban J connectivity index is 2.57. The summed E-state index contributed by atoms with van der Waals surface area (Å²) in [4.78, 5) is 14.7. The molecule has 0 bridgehead atoms. The van der Waals surface area contributed by atoms with E-state index >= 15 is 0 Å². The number of nitrogen functional groups attached to an aromatic ring is 1. The van der Waals surface area contributed by atoms with E-state index < -0.39 is 0 Å². The predicted octanol–water partition coefficient (Wildman–Crippen LogP) is 0.866. The predicted molar refractivity (Wildman–Crippen MR) is 51.6 cm³/mol. The van der Waals surface area contributed by atoms with Crippen LogP contribution in [0.25, 0.3) is 11.3 Å². The standard InChI is InChI=1S/C9H8N4O/c10-9-7(5-14)8(12-13-9)6-2-1-3-11-4-6/h1-5H,(H3,10,12,13). The fraction of sp³-hybridized carbons (Fsp3) is 0. The molecule has 0 saturated carbocycles. The molecule has 0 aliphatic rings. The van der Waals surface area contributed by atoms with Gasteiger partial charge >= 0.3 is 0 Å². The molecule has 70 valence electrons. The number of anilines is 1. The fourth-order valence-electron chi connectivity index (χ4n) is 1.21. The monoisotopic (exact) mass is 188 g/mol. The highest BCUT2D eigenvalue weighted by molar-refractivity contribution is 5.91. The number of carbonyl (C=O) groups is 1. The minimum atomic E-state index is 0.207. The van der Waals surface area contributed by atoms with E-state index in [1.54, 1.807) is 18.5 Å². The highest BCUT2D eigenvalue weighted by Crippen LogP contribution is 2.22. The average molecular weight is 188 g/mol. The molecule has 0 amide bonds. The van der Waals surface area contributed by atoms with Gasteiger partial charge in [0.2, 0.25) is 0 Å². The van der Waals surface area contributed by atoms with Crippen molar-refractivity contribution in [2.24, 2.45) is 0 Å². The van der Waals surface area contributed by atoms with E-state index in [9.17, 15) is 4.79 Å². The Hall–Kier alpha value is -2.17.